The van der Waals surface area contributed by atoms with Gasteiger partial charge in [0.1, 0.15) is 11.0 Å². The number of benzene rings is 2. The lowest BCUT2D eigenvalue weighted by molar-refractivity contribution is 0.112. The Kier molecular flexibility index (Phi) is 2.65. The van der Waals surface area contributed by atoms with E-state index in [4.69, 9.17) is 13.9 Å². The second kappa shape index (κ2) is 4.57. The van der Waals surface area contributed by atoms with E-state index in [0.29, 0.717) is 5.56 Å². The molecule has 1 aromatic heterocycles. The zero-order valence-corrected chi connectivity index (χ0v) is 11.6. The fourth-order valence-electron chi connectivity index (χ4n) is 2.49. The number of aromatic hydroxyl groups is 3. The average molecular weight is 314 g/mol. The molecule has 0 unspecified atom stereocenters. The van der Waals surface area contributed by atoms with Gasteiger partial charge in [-0.15, -0.1) is 0 Å². The van der Waals surface area contributed by atoms with Crippen LogP contribution in [0.3, 0.4) is 0 Å². The van der Waals surface area contributed by atoms with Gasteiger partial charge >= 0.3 is 0 Å². The molecule has 3 bridgehead atoms. The fourth-order valence-corrected chi connectivity index (χ4v) is 2.49. The smallest absolute Gasteiger partial charge is 0.239 e. The van der Waals surface area contributed by atoms with E-state index in [-0.39, 0.29) is 52.3 Å². The number of fused-ring (bicyclic) bond motifs is 2. The molecule has 0 aliphatic carbocycles. The first kappa shape index (κ1) is 13.3. The zero-order valence-electron chi connectivity index (χ0n) is 11.6. The number of rotatable bonds is 1. The average Bonchev–Trinajstić information content (AvgIpc) is 2.54. The van der Waals surface area contributed by atoms with Gasteiger partial charge in [-0.2, -0.15) is 0 Å². The van der Waals surface area contributed by atoms with Crippen LogP contribution in [-0.2, 0) is 0 Å². The van der Waals surface area contributed by atoms with Crippen LogP contribution in [0.4, 0.5) is 0 Å². The Morgan fingerprint density at radius 1 is 0.957 bits per heavy atom. The summed E-state index contributed by atoms with van der Waals surface area (Å²) in [6.45, 7) is -0.287. The highest BCUT2D eigenvalue weighted by Crippen LogP contribution is 2.40. The molecule has 7 nitrogen and oxygen atoms in total. The molecule has 0 fully saturated rings. The minimum atomic E-state index is -0.545. The van der Waals surface area contributed by atoms with Gasteiger partial charge in [-0.05, 0) is 30.3 Å². The fraction of sp³-hybridized carbons (Fsp3) is 0.0625. The molecule has 1 aliphatic rings. The Balaban J connectivity index is 2.10. The molecule has 3 aromatic rings. The number of phenolic OH excluding ortho intramolecular Hbond substituents is 3. The molecule has 0 spiro atoms. The van der Waals surface area contributed by atoms with Gasteiger partial charge in [0.2, 0.25) is 18.0 Å². The van der Waals surface area contributed by atoms with Gasteiger partial charge in [0.25, 0.3) is 0 Å². The molecule has 2 aromatic carbocycles. The SMILES string of the molecule is O=c1c2c(-c3ccc(O)c(O)c3)oc3ccc(c(O)c13)OCO2. The number of hydrogen-bond acceptors (Lipinski definition) is 7. The van der Waals surface area contributed by atoms with Gasteiger partial charge in [0, 0.05) is 5.56 Å². The van der Waals surface area contributed by atoms with E-state index >= 15 is 0 Å². The molecule has 0 atom stereocenters. The summed E-state index contributed by atoms with van der Waals surface area (Å²) >= 11 is 0. The second-order valence-corrected chi connectivity index (χ2v) is 4.98. The van der Waals surface area contributed by atoms with Crippen molar-refractivity contribution in [2.75, 3.05) is 6.79 Å². The first-order valence-electron chi connectivity index (χ1n) is 6.67. The first-order chi connectivity index (χ1) is 11.1. The van der Waals surface area contributed by atoms with Crippen LogP contribution in [0.1, 0.15) is 0 Å². The number of hydrogen-bond donors (Lipinski definition) is 3. The summed E-state index contributed by atoms with van der Waals surface area (Å²) in [5.41, 5.74) is -0.0634. The quantitative estimate of drug-likeness (QED) is 0.591. The summed E-state index contributed by atoms with van der Waals surface area (Å²) < 4.78 is 16.3. The highest BCUT2D eigenvalue weighted by molar-refractivity contribution is 5.89. The minimum Gasteiger partial charge on any atom is -0.504 e. The Bertz CT molecular complexity index is 1000. The van der Waals surface area contributed by atoms with Gasteiger partial charge in [0.15, 0.2) is 28.8 Å². The molecular weight excluding hydrogens is 304 g/mol. The van der Waals surface area contributed by atoms with Crippen LogP contribution in [0.5, 0.6) is 28.7 Å². The summed E-state index contributed by atoms with van der Waals surface area (Å²) in [6, 6.07) is 6.94. The van der Waals surface area contributed by atoms with Gasteiger partial charge in [0.05, 0.1) is 0 Å². The summed E-state index contributed by atoms with van der Waals surface area (Å²) in [5, 5.41) is 29.1. The second-order valence-electron chi connectivity index (χ2n) is 4.98. The minimum absolute atomic E-state index is 0.0380. The van der Waals surface area contributed by atoms with Crippen molar-refractivity contribution in [3.63, 3.8) is 0 Å². The van der Waals surface area contributed by atoms with Crippen LogP contribution >= 0.6 is 0 Å². The van der Waals surface area contributed by atoms with Crippen molar-refractivity contribution in [3.05, 3.63) is 40.6 Å². The molecule has 3 N–H and O–H groups in total. The van der Waals surface area contributed by atoms with Crippen molar-refractivity contribution in [2.24, 2.45) is 0 Å². The van der Waals surface area contributed by atoms with Gasteiger partial charge in [-0.25, -0.2) is 0 Å². The first-order valence-corrected chi connectivity index (χ1v) is 6.67. The maximum atomic E-state index is 12.6. The lowest BCUT2D eigenvalue weighted by Crippen LogP contribution is -2.17. The van der Waals surface area contributed by atoms with E-state index in [1.807, 2.05) is 0 Å². The summed E-state index contributed by atoms with van der Waals surface area (Å²) in [7, 11) is 0. The Labute approximate surface area is 128 Å². The summed E-state index contributed by atoms with van der Waals surface area (Å²) in [5.74, 6) is -0.916. The Morgan fingerprint density at radius 2 is 1.78 bits per heavy atom. The third kappa shape index (κ3) is 1.87. The molecule has 0 saturated heterocycles. The van der Waals surface area contributed by atoms with Crippen molar-refractivity contribution in [3.8, 4) is 40.1 Å². The summed E-state index contributed by atoms with van der Waals surface area (Å²) in [4.78, 5) is 12.6. The van der Waals surface area contributed by atoms with Crippen LogP contribution < -0.4 is 14.9 Å². The van der Waals surface area contributed by atoms with Crippen LogP contribution in [0.25, 0.3) is 22.3 Å². The molecule has 7 heteroatoms. The lowest BCUT2D eigenvalue weighted by atomic mass is 10.1. The van der Waals surface area contributed by atoms with Gasteiger partial charge < -0.3 is 29.2 Å². The van der Waals surface area contributed by atoms with E-state index < -0.39 is 5.43 Å². The molecule has 23 heavy (non-hydrogen) atoms. The molecular formula is C16H10O7. The largest absolute Gasteiger partial charge is 0.504 e. The molecule has 0 radical (unpaired) electrons. The van der Waals surface area contributed by atoms with Crippen molar-refractivity contribution < 1.29 is 29.2 Å². The molecule has 0 amide bonds. The predicted molar refractivity (Wildman–Crippen MR) is 79.0 cm³/mol. The van der Waals surface area contributed by atoms with E-state index in [1.54, 1.807) is 0 Å². The van der Waals surface area contributed by atoms with Crippen LogP contribution in [0.15, 0.2) is 39.5 Å². The molecule has 2 heterocycles. The maximum Gasteiger partial charge on any atom is 0.239 e. The Morgan fingerprint density at radius 3 is 2.57 bits per heavy atom. The third-order valence-electron chi connectivity index (χ3n) is 3.61. The molecule has 0 saturated carbocycles. The van der Waals surface area contributed by atoms with E-state index in [9.17, 15) is 20.1 Å². The van der Waals surface area contributed by atoms with Crippen molar-refractivity contribution in [2.45, 2.75) is 0 Å². The van der Waals surface area contributed by atoms with Gasteiger partial charge in [-0.1, -0.05) is 0 Å². The maximum absolute atomic E-state index is 12.6. The standard InChI is InChI=1S/C16H10O7/c17-8-2-1-7(5-9(8)18)15-16-14(20)12-10(23-15)3-4-11(13(12)19)21-6-22-16/h1-5,17-19H,6H2. The Hall–Kier alpha value is -3.35. The van der Waals surface area contributed by atoms with Crippen molar-refractivity contribution in [1.82, 2.24) is 0 Å². The topological polar surface area (TPSA) is 109 Å². The van der Waals surface area contributed by atoms with Crippen LogP contribution in [-0.4, -0.2) is 22.1 Å². The van der Waals surface area contributed by atoms with E-state index in [1.165, 1.54) is 30.3 Å². The normalized spacial score (nSPS) is 12.7. The summed E-state index contributed by atoms with van der Waals surface area (Å²) in [6.07, 6.45) is 0. The lowest BCUT2D eigenvalue weighted by Gasteiger charge is -2.17. The third-order valence-corrected chi connectivity index (χ3v) is 3.61. The van der Waals surface area contributed by atoms with Crippen molar-refractivity contribution in [1.29, 1.82) is 0 Å². The predicted octanol–water partition coefficient (Wildman–Crippen LogP) is 2.31. The molecule has 116 valence electrons. The number of phenols is 3. The highest BCUT2D eigenvalue weighted by Gasteiger charge is 2.24. The van der Waals surface area contributed by atoms with E-state index in [2.05, 4.69) is 0 Å². The highest BCUT2D eigenvalue weighted by atomic mass is 16.7. The van der Waals surface area contributed by atoms with Crippen molar-refractivity contribution >= 4 is 11.0 Å². The monoisotopic (exact) mass is 314 g/mol. The molecule has 4 rings (SSSR count). The van der Waals surface area contributed by atoms with Gasteiger partial charge in [-0.3, -0.25) is 4.79 Å². The molecule has 1 aliphatic heterocycles. The van der Waals surface area contributed by atoms with Crippen LogP contribution in [0, 0.1) is 0 Å². The van der Waals surface area contributed by atoms with Crippen LogP contribution in [0.2, 0.25) is 0 Å². The van der Waals surface area contributed by atoms with E-state index in [0.717, 1.165) is 0 Å². The zero-order chi connectivity index (χ0) is 16.1. The number of ether oxygens (including phenoxy) is 2.